The molecule has 0 N–H and O–H groups in total. The van der Waals surface area contributed by atoms with Crippen molar-refractivity contribution in [3.63, 3.8) is 0 Å². The average Bonchev–Trinajstić information content (AvgIpc) is 2.75. The molecule has 0 spiro atoms. The molecule has 0 aliphatic carbocycles. The molecule has 1 aromatic heterocycles. The fraction of sp³-hybridized carbons (Fsp3) is 0.545. The second-order valence-electron chi connectivity index (χ2n) is 3.28. The van der Waals surface area contributed by atoms with E-state index in [0.717, 1.165) is 12.2 Å². The van der Waals surface area contributed by atoms with Crippen LogP contribution in [0.1, 0.15) is 25.5 Å². The highest BCUT2D eigenvalue weighted by atomic mass is 35.5. The average molecular weight is 230 g/mol. The number of hydrogen-bond donors (Lipinski definition) is 0. The normalized spacial score (nSPS) is 10.3. The molecule has 0 aliphatic heterocycles. The molecule has 0 saturated heterocycles. The predicted molar refractivity (Wildman–Crippen MR) is 59.8 cm³/mol. The Bertz CT molecular complexity index is 285. The highest BCUT2D eigenvalue weighted by molar-refractivity contribution is 6.17. The Balaban J connectivity index is 2.44. The van der Waals surface area contributed by atoms with Crippen LogP contribution in [0.4, 0.5) is 0 Å². The van der Waals surface area contributed by atoms with Crippen LogP contribution >= 0.6 is 11.6 Å². The van der Waals surface area contributed by atoms with Crippen molar-refractivity contribution in [1.82, 2.24) is 4.90 Å². The Hall–Kier alpha value is -0.960. The zero-order valence-corrected chi connectivity index (χ0v) is 9.67. The standard InChI is InChI=1S/C11H16ClNO2/c1-2-13(11(14)6-3-7-12)9-10-5-4-8-15-10/h4-5,8H,2-3,6-7,9H2,1H3. The number of furan rings is 1. The molecule has 3 nitrogen and oxygen atoms in total. The van der Waals surface area contributed by atoms with Crippen LogP contribution in [0.5, 0.6) is 0 Å². The first-order valence-electron chi connectivity index (χ1n) is 5.14. The summed E-state index contributed by atoms with van der Waals surface area (Å²) in [6.45, 7) is 3.20. The fourth-order valence-corrected chi connectivity index (χ4v) is 1.48. The van der Waals surface area contributed by atoms with Gasteiger partial charge >= 0.3 is 0 Å². The second-order valence-corrected chi connectivity index (χ2v) is 3.66. The van der Waals surface area contributed by atoms with Gasteiger partial charge in [0.2, 0.25) is 5.91 Å². The highest BCUT2D eigenvalue weighted by Crippen LogP contribution is 2.07. The van der Waals surface area contributed by atoms with Gasteiger partial charge in [0, 0.05) is 18.8 Å². The molecule has 84 valence electrons. The van der Waals surface area contributed by atoms with Gasteiger partial charge in [-0.05, 0) is 25.5 Å². The summed E-state index contributed by atoms with van der Waals surface area (Å²) in [5.74, 6) is 1.48. The van der Waals surface area contributed by atoms with E-state index in [1.807, 2.05) is 19.1 Å². The topological polar surface area (TPSA) is 33.5 Å². The quantitative estimate of drug-likeness (QED) is 0.703. The molecule has 1 rings (SSSR count). The smallest absolute Gasteiger partial charge is 0.223 e. The lowest BCUT2D eigenvalue weighted by atomic mass is 10.3. The monoisotopic (exact) mass is 229 g/mol. The second kappa shape index (κ2) is 6.51. The van der Waals surface area contributed by atoms with E-state index < -0.39 is 0 Å². The van der Waals surface area contributed by atoms with Gasteiger partial charge in [-0.15, -0.1) is 11.6 Å². The maximum Gasteiger partial charge on any atom is 0.223 e. The van der Waals surface area contributed by atoms with Crippen molar-refractivity contribution < 1.29 is 9.21 Å². The van der Waals surface area contributed by atoms with Crippen LogP contribution in [-0.2, 0) is 11.3 Å². The van der Waals surface area contributed by atoms with E-state index >= 15 is 0 Å². The first-order valence-corrected chi connectivity index (χ1v) is 5.67. The number of nitrogens with zero attached hydrogens (tertiary/aromatic N) is 1. The highest BCUT2D eigenvalue weighted by Gasteiger charge is 2.12. The van der Waals surface area contributed by atoms with Crippen LogP contribution in [0.2, 0.25) is 0 Å². The van der Waals surface area contributed by atoms with Gasteiger partial charge in [0.25, 0.3) is 0 Å². The number of carbonyl (C=O) groups excluding carboxylic acids is 1. The Morgan fingerprint density at radius 1 is 1.60 bits per heavy atom. The van der Waals surface area contributed by atoms with E-state index in [1.165, 1.54) is 0 Å². The van der Waals surface area contributed by atoms with E-state index in [9.17, 15) is 4.79 Å². The molecule has 0 fully saturated rings. The van der Waals surface area contributed by atoms with Gasteiger partial charge in [0.1, 0.15) is 5.76 Å². The van der Waals surface area contributed by atoms with Gasteiger partial charge in [-0.2, -0.15) is 0 Å². The zero-order chi connectivity index (χ0) is 11.1. The predicted octanol–water partition coefficient (Wildman–Crippen LogP) is 2.65. The Morgan fingerprint density at radius 2 is 2.40 bits per heavy atom. The van der Waals surface area contributed by atoms with E-state index in [-0.39, 0.29) is 5.91 Å². The lowest BCUT2D eigenvalue weighted by molar-refractivity contribution is -0.131. The summed E-state index contributed by atoms with van der Waals surface area (Å²) < 4.78 is 5.20. The van der Waals surface area contributed by atoms with Crippen molar-refractivity contribution in [2.75, 3.05) is 12.4 Å². The molecule has 1 heterocycles. The third kappa shape index (κ3) is 3.96. The van der Waals surface area contributed by atoms with E-state index in [1.54, 1.807) is 11.2 Å². The lowest BCUT2D eigenvalue weighted by Crippen LogP contribution is -2.29. The molecule has 0 radical (unpaired) electrons. The number of rotatable bonds is 6. The molecule has 0 bridgehead atoms. The van der Waals surface area contributed by atoms with E-state index in [4.69, 9.17) is 16.0 Å². The summed E-state index contributed by atoms with van der Waals surface area (Å²) in [5.41, 5.74) is 0. The molecule has 0 aromatic carbocycles. The van der Waals surface area contributed by atoms with Crippen LogP contribution < -0.4 is 0 Å². The minimum atomic E-state index is 0.134. The number of carbonyl (C=O) groups is 1. The van der Waals surface area contributed by atoms with Crippen LogP contribution in [-0.4, -0.2) is 23.2 Å². The summed E-state index contributed by atoms with van der Waals surface area (Å²) in [6, 6.07) is 3.70. The molecule has 1 amide bonds. The van der Waals surface area contributed by atoms with Crippen LogP contribution in [0.15, 0.2) is 22.8 Å². The van der Waals surface area contributed by atoms with Crippen molar-refractivity contribution in [1.29, 1.82) is 0 Å². The van der Waals surface area contributed by atoms with Gasteiger partial charge < -0.3 is 9.32 Å². The summed E-state index contributed by atoms with van der Waals surface area (Å²) >= 11 is 5.55. The zero-order valence-electron chi connectivity index (χ0n) is 8.91. The molecule has 1 aromatic rings. The summed E-state index contributed by atoms with van der Waals surface area (Å²) in [5, 5.41) is 0. The van der Waals surface area contributed by atoms with Gasteiger partial charge in [0.15, 0.2) is 0 Å². The van der Waals surface area contributed by atoms with Gasteiger partial charge in [-0.25, -0.2) is 0 Å². The maximum atomic E-state index is 11.7. The van der Waals surface area contributed by atoms with Crippen molar-refractivity contribution in [2.24, 2.45) is 0 Å². The van der Waals surface area contributed by atoms with E-state index in [2.05, 4.69) is 0 Å². The van der Waals surface area contributed by atoms with E-state index in [0.29, 0.717) is 25.4 Å². The summed E-state index contributed by atoms with van der Waals surface area (Å²) in [7, 11) is 0. The minimum Gasteiger partial charge on any atom is -0.467 e. The summed E-state index contributed by atoms with van der Waals surface area (Å²) in [6.07, 6.45) is 2.86. The van der Waals surface area contributed by atoms with Crippen molar-refractivity contribution in [2.45, 2.75) is 26.3 Å². The maximum absolute atomic E-state index is 11.7. The Kier molecular flexibility index (Phi) is 5.26. The van der Waals surface area contributed by atoms with Gasteiger partial charge in [-0.1, -0.05) is 0 Å². The third-order valence-electron chi connectivity index (χ3n) is 2.19. The fourth-order valence-electron chi connectivity index (χ4n) is 1.34. The van der Waals surface area contributed by atoms with Crippen molar-refractivity contribution in [3.8, 4) is 0 Å². The summed E-state index contributed by atoms with van der Waals surface area (Å²) in [4.78, 5) is 13.5. The number of hydrogen-bond acceptors (Lipinski definition) is 2. The van der Waals surface area contributed by atoms with Crippen LogP contribution in [0.3, 0.4) is 0 Å². The molecule has 0 atom stereocenters. The first-order chi connectivity index (χ1) is 7.27. The molecule has 15 heavy (non-hydrogen) atoms. The third-order valence-corrected chi connectivity index (χ3v) is 2.45. The SMILES string of the molecule is CCN(Cc1ccco1)C(=O)CCCCl. The molecule has 0 saturated carbocycles. The number of amides is 1. The lowest BCUT2D eigenvalue weighted by Gasteiger charge is -2.19. The largest absolute Gasteiger partial charge is 0.467 e. The van der Waals surface area contributed by atoms with Crippen LogP contribution in [0, 0.1) is 0 Å². The Labute approximate surface area is 95.0 Å². The minimum absolute atomic E-state index is 0.134. The van der Waals surface area contributed by atoms with Crippen molar-refractivity contribution >= 4 is 17.5 Å². The molecule has 0 aliphatic rings. The molecule has 0 unspecified atom stereocenters. The number of alkyl halides is 1. The molecular formula is C11H16ClNO2. The molecule has 4 heteroatoms. The Morgan fingerprint density at radius 3 is 2.93 bits per heavy atom. The first kappa shape index (κ1) is 12.1. The van der Waals surface area contributed by atoms with Gasteiger partial charge in [-0.3, -0.25) is 4.79 Å². The number of halogens is 1. The van der Waals surface area contributed by atoms with Crippen molar-refractivity contribution in [3.05, 3.63) is 24.2 Å². The van der Waals surface area contributed by atoms with Crippen LogP contribution in [0.25, 0.3) is 0 Å². The molecular weight excluding hydrogens is 214 g/mol. The van der Waals surface area contributed by atoms with Gasteiger partial charge in [0.05, 0.1) is 12.8 Å².